The lowest BCUT2D eigenvalue weighted by Gasteiger charge is -2.31. The van der Waals surface area contributed by atoms with Gasteiger partial charge in [0, 0.05) is 54.2 Å². The molecule has 0 radical (unpaired) electrons. The number of anilines is 1. The van der Waals surface area contributed by atoms with Gasteiger partial charge in [0.2, 0.25) is 17.4 Å². The molecule has 2 aromatic carbocycles. The zero-order chi connectivity index (χ0) is 24.9. The highest BCUT2D eigenvalue weighted by molar-refractivity contribution is 5.99. The van der Waals surface area contributed by atoms with Crippen molar-refractivity contribution in [2.24, 2.45) is 24.6 Å². The molecule has 1 aliphatic heterocycles. The average molecular weight is 474 g/mol. The van der Waals surface area contributed by atoms with E-state index in [1.165, 1.54) is 16.7 Å². The van der Waals surface area contributed by atoms with Gasteiger partial charge in [-0.15, -0.1) is 0 Å². The Balaban J connectivity index is 1.60. The molecule has 2 amide bonds. The van der Waals surface area contributed by atoms with E-state index >= 15 is 0 Å². The van der Waals surface area contributed by atoms with Crippen LogP contribution >= 0.6 is 0 Å². The smallest absolute Gasteiger partial charge is 0.250 e. The van der Waals surface area contributed by atoms with E-state index in [1.807, 2.05) is 12.1 Å². The molecule has 178 valence electrons. The van der Waals surface area contributed by atoms with Crippen LogP contribution in [-0.4, -0.2) is 26.2 Å². The lowest BCUT2D eigenvalue weighted by Crippen LogP contribution is -2.34. The van der Waals surface area contributed by atoms with Gasteiger partial charge in [0.25, 0.3) is 0 Å². The standard InChI is InChI=1S/C26H24FN5O3/c1-15(26(28)35)20-12-24(34)31(25(20)19-5-3-4-6-21(19)27)17-7-9-22-16(11-17)13-29-32(22)18-8-10-23(33)30(2)14-18/h3-11,13-15,20,25H,12H2,1-2H3,(H2,28,35)/t15?,20-,25-/m0/s1. The third-order valence-corrected chi connectivity index (χ3v) is 6.82. The van der Waals surface area contributed by atoms with Crippen molar-refractivity contribution in [3.8, 4) is 5.69 Å². The number of aryl methyl sites for hydroxylation is 1. The quantitative estimate of drug-likeness (QED) is 0.481. The third kappa shape index (κ3) is 3.78. The van der Waals surface area contributed by atoms with Gasteiger partial charge in [0.15, 0.2) is 0 Å². The van der Waals surface area contributed by atoms with Gasteiger partial charge in [-0.25, -0.2) is 9.07 Å². The molecule has 9 heteroatoms. The van der Waals surface area contributed by atoms with Crippen LogP contribution in [0.15, 0.2) is 71.8 Å². The predicted octanol–water partition coefficient (Wildman–Crippen LogP) is 3.08. The Labute approximate surface area is 200 Å². The zero-order valence-electron chi connectivity index (χ0n) is 19.3. The fourth-order valence-electron chi connectivity index (χ4n) is 4.89. The van der Waals surface area contributed by atoms with Crippen molar-refractivity contribution >= 4 is 28.4 Å². The van der Waals surface area contributed by atoms with Crippen molar-refractivity contribution in [2.45, 2.75) is 19.4 Å². The first kappa shape index (κ1) is 22.5. The zero-order valence-corrected chi connectivity index (χ0v) is 19.3. The fourth-order valence-corrected chi connectivity index (χ4v) is 4.89. The summed E-state index contributed by atoms with van der Waals surface area (Å²) >= 11 is 0. The molecule has 5 rings (SSSR count). The molecular weight excluding hydrogens is 449 g/mol. The predicted molar refractivity (Wildman–Crippen MR) is 129 cm³/mol. The molecule has 1 aliphatic rings. The molecule has 4 aromatic rings. The van der Waals surface area contributed by atoms with Gasteiger partial charge in [-0.05, 0) is 30.3 Å². The molecule has 3 atom stereocenters. The Morgan fingerprint density at radius 1 is 1.11 bits per heavy atom. The highest BCUT2D eigenvalue weighted by Gasteiger charge is 2.46. The lowest BCUT2D eigenvalue weighted by atomic mass is 9.83. The molecule has 1 fully saturated rings. The molecule has 1 unspecified atom stereocenters. The molecule has 0 saturated carbocycles. The number of benzene rings is 2. The molecule has 35 heavy (non-hydrogen) atoms. The summed E-state index contributed by atoms with van der Waals surface area (Å²) in [6.45, 7) is 1.68. The highest BCUT2D eigenvalue weighted by Crippen LogP contribution is 2.45. The number of aromatic nitrogens is 3. The second-order valence-corrected chi connectivity index (χ2v) is 8.93. The van der Waals surface area contributed by atoms with Crippen molar-refractivity contribution in [3.63, 3.8) is 0 Å². The second kappa shape index (κ2) is 8.50. The number of carbonyl (C=O) groups excluding carboxylic acids is 2. The summed E-state index contributed by atoms with van der Waals surface area (Å²) in [5.74, 6) is -2.27. The van der Waals surface area contributed by atoms with E-state index in [-0.39, 0.29) is 17.9 Å². The van der Waals surface area contributed by atoms with E-state index in [2.05, 4.69) is 5.10 Å². The lowest BCUT2D eigenvalue weighted by molar-refractivity contribution is -0.123. The van der Waals surface area contributed by atoms with Gasteiger partial charge in [-0.2, -0.15) is 5.10 Å². The molecule has 3 heterocycles. The van der Waals surface area contributed by atoms with Crippen LogP contribution in [-0.2, 0) is 16.6 Å². The van der Waals surface area contributed by atoms with Crippen molar-refractivity contribution in [1.29, 1.82) is 0 Å². The number of amides is 2. The molecular formula is C26H24FN5O3. The second-order valence-electron chi connectivity index (χ2n) is 8.93. The number of pyridine rings is 1. The first-order valence-corrected chi connectivity index (χ1v) is 11.3. The summed E-state index contributed by atoms with van der Waals surface area (Å²) in [6.07, 6.45) is 3.45. The van der Waals surface area contributed by atoms with Crippen LogP contribution in [0.5, 0.6) is 0 Å². The Morgan fingerprint density at radius 3 is 2.57 bits per heavy atom. The molecule has 2 aromatic heterocycles. The summed E-state index contributed by atoms with van der Waals surface area (Å²) in [5, 5.41) is 5.22. The maximum Gasteiger partial charge on any atom is 0.250 e. The Hall–Kier alpha value is -4.27. The average Bonchev–Trinajstić information content (AvgIpc) is 3.41. The number of fused-ring (bicyclic) bond motifs is 1. The van der Waals surface area contributed by atoms with Crippen molar-refractivity contribution in [3.05, 3.63) is 88.7 Å². The first-order chi connectivity index (χ1) is 16.8. The molecule has 1 saturated heterocycles. The fraction of sp³-hybridized carbons (Fsp3) is 0.231. The van der Waals surface area contributed by atoms with Crippen LogP contribution in [0.4, 0.5) is 10.1 Å². The molecule has 0 bridgehead atoms. The van der Waals surface area contributed by atoms with Crippen LogP contribution in [0, 0.1) is 17.7 Å². The van der Waals surface area contributed by atoms with Crippen molar-refractivity contribution in [1.82, 2.24) is 14.3 Å². The van der Waals surface area contributed by atoms with Gasteiger partial charge in [-0.3, -0.25) is 14.4 Å². The summed E-state index contributed by atoms with van der Waals surface area (Å²) in [4.78, 5) is 38.6. The Morgan fingerprint density at radius 2 is 1.86 bits per heavy atom. The van der Waals surface area contributed by atoms with E-state index in [9.17, 15) is 18.8 Å². The van der Waals surface area contributed by atoms with E-state index in [0.717, 1.165) is 10.9 Å². The van der Waals surface area contributed by atoms with Crippen LogP contribution in [0.25, 0.3) is 16.6 Å². The number of halogens is 1. The number of rotatable bonds is 5. The minimum atomic E-state index is -0.678. The van der Waals surface area contributed by atoms with Gasteiger partial charge in [0.1, 0.15) is 5.82 Å². The largest absolute Gasteiger partial charge is 0.369 e. The van der Waals surface area contributed by atoms with Gasteiger partial charge in [0.05, 0.1) is 23.4 Å². The molecule has 2 N–H and O–H groups in total. The third-order valence-electron chi connectivity index (χ3n) is 6.82. The number of nitrogens with two attached hydrogens (primary N) is 1. The van der Waals surface area contributed by atoms with Crippen molar-refractivity contribution < 1.29 is 14.0 Å². The number of hydrogen-bond donors (Lipinski definition) is 1. The minimum Gasteiger partial charge on any atom is -0.369 e. The molecule has 0 aliphatic carbocycles. The highest BCUT2D eigenvalue weighted by atomic mass is 19.1. The van der Waals surface area contributed by atoms with Crippen LogP contribution in [0.2, 0.25) is 0 Å². The maximum absolute atomic E-state index is 14.9. The molecule has 8 nitrogen and oxygen atoms in total. The summed E-state index contributed by atoms with van der Waals surface area (Å²) in [5.41, 5.74) is 7.87. The topological polar surface area (TPSA) is 103 Å². The van der Waals surface area contributed by atoms with E-state index in [1.54, 1.807) is 66.3 Å². The van der Waals surface area contributed by atoms with Crippen LogP contribution in [0.1, 0.15) is 24.9 Å². The number of hydrogen-bond acceptors (Lipinski definition) is 4. The monoisotopic (exact) mass is 473 g/mol. The SMILES string of the molecule is CC(C(N)=O)[C@@H]1CC(=O)N(c2ccc3c(cnn3-c3ccc(=O)n(C)c3)c2)[C@H]1c1ccccc1F. The van der Waals surface area contributed by atoms with Crippen LogP contribution in [0.3, 0.4) is 0 Å². The van der Waals surface area contributed by atoms with Gasteiger partial charge in [-0.1, -0.05) is 25.1 Å². The van der Waals surface area contributed by atoms with Gasteiger partial charge < -0.3 is 15.2 Å². The summed E-state index contributed by atoms with van der Waals surface area (Å²) < 4.78 is 18.1. The number of primary amides is 1. The van der Waals surface area contributed by atoms with E-state index in [0.29, 0.717) is 16.9 Å². The van der Waals surface area contributed by atoms with E-state index in [4.69, 9.17) is 5.73 Å². The minimum absolute atomic E-state index is 0.0818. The normalized spacial score (nSPS) is 18.8. The maximum atomic E-state index is 14.9. The first-order valence-electron chi connectivity index (χ1n) is 11.3. The van der Waals surface area contributed by atoms with E-state index < -0.39 is 29.6 Å². The van der Waals surface area contributed by atoms with Gasteiger partial charge >= 0.3 is 0 Å². The number of nitrogens with zero attached hydrogens (tertiary/aromatic N) is 4. The summed E-state index contributed by atoms with van der Waals surface area (Å²) in [6, 6.07) is 14.2. The van der Waals surface area contributed by atoms with Crippen molar-refractivity contribution in [2.75, 3.05) is 4.90 Å². The number of carbonyl (C=O) groups is 2. The Kier molecular flexibility index (Phi) is 5.47. The summed E-state index contributed by atoms with van der Waals surface area (Å²) in [7, 11) is 1.67. The van der Waals surface area contributed by atoms with Crippen LogP contribution < -0.4 is 16.2 Å². The Bertz CT molecular complexity index is 1520. The molecule has 0 spiro atoms.